The molecule has 0 saturated carbocycles. The molecule has 0 spiro atoms. The number of carbonyl (C=O) groups is 1. The zero-order chi connectivity index (χ0) is 19.6. The van der Waals surface area contributed by atoms with Gasteiger partial charge in [-0.2, -0.15) is 0 Å². The third-order valence-electron chi connectivity index (χ3n) is 4.46. The van der Waals surface area contributed by atoms with Crippen molar-refractivity contribution in [3.05, 3.63) is 69.7 Å². The van der Waals surface area contributed by atoms with E-state index in [9.17, 15) is 4.79 Å². The number of nitrogens with zero attached hydrogens (tertiary/aromatic N) is 1. The maximum atomic E-state index is 12.7. The highest BCUT2D eigenvalue weighted by Crippen LogP contribution is 2.28. The van der Waals surface area contributed by atoms with Gasteiger partial charge in [0.2, 0.25) is 0 Å². The lowest BCUT2D eigenvalue weighted by molar-refractivity contribution is 0.103. The average Bonchev–Trinajstić information content (AvgIpc) is 2.98. The lowest BCUT2D eigenvalue weighted by Gasteiger charge is -2.08. The van der Waals surface area contributed by atoms with Crippen LogP contribution >= 0.6 is 11.3 Å². The molecule has 0 unspecified atom stereocenters. The van der Waals surface area contributed by atoms with Crippen LogP contribution in [0.25, 0.3) is 0 Å². The molecule has 2 aromatic carbocycles. The van der Waals surface area contributed by atoms with Gasteiger partial charge in [-0.25, -0.2) is 4.98 Å². The van der Waals surface area contributed by atoms with Gasteiger partial charge in [0.05, 0.1) is 5.69 Å². The Balaban J connectivity index is 1.74. The number of aromatic nitrogens is 1. The monoisotopic (exact) mass is 379 g/mol. The van der Waals surface area contributed by atoms with Gasteiger partial charge >= 0.3 is 0 Å². The molecule has 0 fully saturated rings. The predicted molar refractivity (Wildman–Crippen MR) is 115 cm³/mol. The van der Waals surface area contributed by atoms with Crippen LogP contribution in [0.4, 0.5) is 16.5 Å². The Morgan fingerprint density at radius 3 is 2.37 bits per heavy atom. The highest BCUT2D eigenvalue weighted by molar-refractivity contribution is 7.17. The molecular weight excluding hydrogens is 354 g/mol. The molecule has 0 atom stereocenters. The molecule has 5 heteroatoms. The standard InChI is InChI=1S/C22H25N3OS/c1-13(2)17-7-9-18(10-8-17)24-21(26)20-16(5)23-22(27-20)25-19-11-6-14(3)12-15(19)4/h6-13H,1-5H3,(H,23,25)(H,24,26). The number of carbonyl (C=O) groups excluding carboxylic acids is 1. The summed E-state index contributed by atoms with van der Waals surface area (Å²) in [7, 11) is 0. The van der Waals surface area contributed by atoms with Crippen molar-refractivity contribution in [3.63, 3.8) is 0 Å². The second kappa shape index (κ2) is 7.92. The second-order valence-electron chi connectivity index (χ2n) is 7.11. The van der Waals surface area contributed by atoms with Crippen LogP contribution in [0.15, 0.2) is 42.5 Å². The predicted octanol–water partition coefficient (Wildman–Crippen LogP) is 6.19. The summed E-state index contributed by atoms with van der Waals surface area (Å²) < 4.78 is 0. The Labute approximate surface area is 164 Å². The number of thiazole rings is 1. The van der Waals surface area contributed by atoms with E-state index < -0.39 is 0 Å². The summed E-state index contributed by atoms with van der Waals surface area (Å²) >= 11 is 1.37. The smallest absolute Gasteiger partial charge is 0.267 e. The minimum Gasteiger partial charge on any atom is -0.331 e. The van der Waals surface area contributed by atoms with Crippen LogP contribution in [-0.4, -0.2) is 10.9 Å². The van der Waals surface area contributed by atoms with Gasteiger partial charge in [-0.1, -0.05) is 55.0 Å². The van der Waals surface area contributed by atoms with Gasteiger partial charge in [-0.05, 0) is 56.0 Å². The number of aryl methyl sites for hydroxylation is 3. The zero-order valence-corrected chi connectivity index (χ0v) is 17.2. The number of nitrogens with one attached hydrogen (secondary N) is 2. The number of amides is 1. The number of hydrogen-bond donors (Lipinski definition) is 2. The summed E-state index contributed by atoms with van der Waals surface area (Å²) in [5, 5.41) is 7.01. The summed E-state index contributed by atoms with van der Waals surface area (Å²) in [6.07, 6.45) is 0. The molecule has 0 aliphatic carbocycles. The van der Waals surface area contributed by atoms with E-state index in [0.717, 1.165) is 27.8 Å². The van der Waals surface area contributed by atoms with Gasteiger partial charge in [0.1, 0.15) is 4.88 Å². The third-order valence-corrected chi connectivity index (χ3v) is 5.53. The van der Waals surface area contributed by atoms with Crippen LogP contribution < -0.4 is 10.6 Å². The molecule has 1 aromatic heterocycles. The van der Waals surface area contributed by atoms with E-state index >= 15 is 0 Å². The van der Waals surface area contributed by atoms with E-state index in [2.05, 4.69) is 55.4 Å². The molecule has 3 rings (SSSR count). The van der Waals surface area contributed by atoms with Gasteiger partial charge < -0.3 is 10.6 Å². The Hall–Kier alpha value is -2.66. The van der Waals surface area contributed by atoms with Crippen molar-refractivity contribution in [1.82, 2.24) is 4.98 Å². The van der Waals surface area contributed by atoms with E-state index in [0.29, 0.717) is 10.8 Å². The first kappa shape index (κ1) is 19.1. The van der Waals surface area contributed by atoms with Crippen molar-refractivity contribution in [2.24, 2.45) is 0 Å². The van der Waals surface area contributed by atoms with Crippen LogP contribution in [0.3, 0.4) is 0 Å². The fourth-order valence-electron chi connectivity index (χ4n) is 2.87. The second-order valence-corrected chi connectivity index (χ2v) is 8.11. The number of benzene rings is 2. The molecule has 1 heterocycles. The van der Waals surface area contributed by atoms with Crippen molar-refractivity contribution in [2.75, 3.05) is 10.6 Å². The number of anilines is 3. The highest BCUT2D eigenvalue weighted by atomic mass is 32.1. The van der Waals surface area contributed by atoms with Crippen molar-refractivity contribution >= 4 is 33.8 Å². The SMILES string of the molecule is Cc1ccc(Nc2nc(C)c(C(=O)Nc3ccc(C(C)C)cc3)s2)c(C)c1. The first-order valence-electron chi connectivity index (χ1n) is 9.06. The van der Waals surface area contributed by atoms with Crippen LogP contribution in [0, 0.1) is 20.8 Å². The zero-order valence-electron chi connectivity index (χ0n) is 16.4. The average molecular weight is 380 g/mol. The molecule has 0 bridgehead atoms. The first-order chi connectivity index (χ1) is 12.8. The van der Waals surface area contributed by atoms with E-state index in [1.54, 1.807) is 0 Å². The molecule has 2 N–H and O–H groups in total. The summed E-state index contributed by atoms with van der Waals surface area (Å²) in [5.41, 5.74) is 6.15. The molecule has 0 aliphatic heterocycles. The minimum absolute atomic E-state index is 0.129. The van der Waals surface area contributed by atoms with Crippen LogP contribution in [0.2, 0.25) is 0 Å². The Kier molecular flexibility index (Phi) is 5.61. The largest absolute Gasteiger partial charge is 0.331 e. The summed E-state index contributed by atoms with van der Waals surface area (Å²) in [4.78, 5) is 17.8. The normalized spacial score (nSPS) is 10.9. The minimum atomic E-state index is -0.129. The summed E-state index contributed by atoms with van der Waals surface area (Å²) in [6.45, 7) is 10.3. The Bertz CT molecular complexity index is 958. The lowest BCUT2D eigenvalue weighted by Crippen LogP contribution is -2.11. The van der Waals surface area contributed by atoms with Crippen molar-refractivity contribution in [1.29, 1.82) is 0 Å². The van der Waals surface area contributed by atoms with Crippen LogP contribution in [-0.2, 0) is 0 Å². The molecule has 0 saturated heterocycles. The van der Waals surface area contributed by atoms with Crippen LogP contribution in [0.5, 0.6) is 0 Å². The molecule has 3 aromatic rings. The van der Waals surface area contributed by atoms with E-state index in [1.165, 1.54) is 22.5 Å². The molecular formula is C22H25N3OS. The van der Waals surface area contributed by atoms with Gasteiger partial charge in [0, 0.05) is 11.4 Å². The molecule has 0 aliphatic rings. The molecule has 4 nitrogen and oxygen atoms in total. The molecule has 0 radical (unpaired) electrons. The number of hydrogen-bond acceptors (Lipinski definition) is 4. The van der Waals surface area contributed by atoms with Gasteiger partial charge in [0.25, 0.3) is 5.91 Å². The number of rotatable bonds is 5. The fraction of sp³-hybridized carbons (Fsp3) is 0.273. The fourth-order valence-corrected chi connectivity index (χ4v) is 3.74. The summed E-state index contributed by atoms with van der Waals surface area (Å²) in [5.74, 6) is 0.341. The van der Waals surface area contributed by atoms with E-state index in [-0.39, 0.29) is 5.91 Å². The Morgan fingerprint density at radius 1 is 1.04 bits per heavy atom. The van der Waals surface area contributed by atoms with Crippen LogP contribution in [0.1, 0.15) is 51.8 Å². The maximum absolute atomic E-state index is 12.7. The van der Waals surface area contributed by atoms with Crippen molar-refractivity contribution in [3.8, 4) is 0 Å². The molecule has 140 valence electrons. The maximum Gasteiger partial charge on any atom is 0.267 e. The molecule has 1 amide bonds. The highest BCUT2D eigenvalue weighted by Gasteiger charge is 2.16. The third kappa shape index (κ3) is 4.55. The quantitative estimate of drug-likeness (QED) is 0.556. The van der Waals surface area contributed by atoms with Gasteiger partial charge in [-0.15, -0.1) is 0 Å². The topological polar surface area (TPSA) is 54.0 Å². The van der Waals surface area contributed by atoms with Gasteiger partial charge in [0.15, 0.2) is 5.13 Å². The van der Waals surface area contributed by atoms with Gasteiger partial charge in [-0.3, -0.25) is 4.79 Å². The van der Waals surface area contributed by atoms with Crippen molar-refractivity contribution < 1.29 is 4.79 Å². The molecule has 27 heavy (non-hydrogen) atoms. The van der Waals surface area contributed by atoms with E-state index in [1.807, 2.05) is 37.3 Å². The van der Waals surface area contributed by atoms with Crippen molar-refractivity contribution in [2.45, 2.75) is 40.5 Å². The van der Waals surface area contributed by atoms with E-state index in [4.69, 9.17) is 0 Å². The Morgan fingerprint density at radius 2 is 1.74 bits per heavy atom. The first-order valence-corrected chi connectivity index (χ1v) is 9.88. The lowest BCUT2D eigenvalue weighted by atomic mass is 10.0. The summed E-state index contributed by atoms with van der Waals surface area (Å²) in [6, 6.07) is 14.2.